The van der Waals surface area contributed by atoms with Gasteiger partial charge in [0.1, 0.15) is 0 Å². The molecule has 12 heavy (non-hydrogen) atoms. The fourth-order valence-corrected chi connectivity index (χ4v) is 1.23. The zero-order valence-corrected chi connectivity index (χ0v) is 6.82. The topological polar surface area (TPSA) is 18.5 Å². The van der Waals surface area contributed by atoms with Crippen LogP contribution >= 0.6 is 0 Å². The van der Waals surface area contributed by atoms with Gasteiger partial charge in [-0.25, -0.2) is 0 Å². The van der Waals surface area contributed by atoms with Crippen LogP contribution in [0.2, 0.25) is 0 Å². The molecule has 3 heteroatoms. The molecule has 0 unspecified atom stereocenters. The van der Waals surface area contributed by atoms with Gasteiger partial charge in [-0.05, 0) is 17.9 Å². The highest BCUT2D eigenvalue weighted by molar-refractivity contribution is 6.61. The van der Waals surface area contributed by atoms with Crippen LogP contribution in [-0.2, 0) is 9.31 Å². The summed E-state index contributed by atoms with van der Waals surface area (Å²) >= 11 is 0. The molecule has 0 aliphatic carbocycles. The largest absolute Gasteiger partial charge is 0.494 e. The lowest BCUT2D eigenvalue weighted by Crippen LogP contribution is -2.31. The first kappa shape index (κ1) is 7.83. The molecule has 1 aromatic carbocycles. The van der Waals surface area contributed by atoms with Gasteiger partial charge in [-0.15, -0.1) is 0 Å². The zero-order chi connectivity index (χ0) is 8.39. The van der Waals surface area contributed by atoms with Gasteiger partial charge in [0.2, 0.25) is 0 Å². The molecular formula is C9H10BO2. The van der Waals surface area contributed by atoms with E-state index in [1.807, 2.05) is 24.3 Å². The molecule has 0 aromatic heterocycles. The highest BCUT2D eigenvalue weighted by Gasteiger charge is 2.25. The van der Waals surface area contributed by atoms with Gasteiger partial charge < -0.3 is 9.31 Å². The van der Waals surface area contributed by atoms with Crippen LogP contribution in [-0.4, -0.2) is 20.3 Å². The highest BCUT2D eigenvalue weighted by atomic mass is 16.6. The number of rotatable bonds is 1. The second-order valence-corrected chi connectivity index (χ2v) is 2.82. The van der Waals surface area contributed by atoms with E-state index >= 15 is 0 Å². The predicted octanol–water partition coefficient (Wildman–Crippen LogP) is 0.611. The first-order chi connectivity index (χ1) is 5.86. The molecule has 1 radical (unpaired) electrons. The minimum Gasteiger partial charge on any atom is -0.405 e. The van der Waals surface area contributed by atoms with Crippen molar-refractivity contribution in [2.45, 2.75) is 0 Å². The van der Waals surface area contributed by atoms with Crippen LogP contribution in [0.5, 0.6) is 0 Å². The SMILES string of the molecule is [CH2]c1ccc(B2OCCO2)cc1. The van der Waals surface area contributed by atoms with Gasteiger partial charge in [-0.3, -0.25) is 0 Å². The van der Waals surface area contributed by atoms with Crippen LogP contribution in [0.4, 0.5) is 0 Å². The Labute approximate surface area is 72.6 Å². The Balaban J connectivity index is 2.17. The van der Waals surface area contributed by atoms with E-state index in [9.17, 15) is 0 Å². The molecule has 2 nitrogen and oxygen atoms in total. The highest BCUT2D eigenvalue weighted by Crippen LogP contribution is 2.01. The lowest BCUT2D eigenvalue weighted by molar-refractivity contribution is 0.365. The smallest absolute Gasteiger partial charge is 0.405 e. The molecular weight excluding hydrogens is 151 g/mol. The van der Waals surface area contributed by atoms with Gasteiger partial charge >= 0.3 is 7.12 Å². The van der Waals surface area contributed by atoms with E-state index in [0.29, 0.717) is 13.2 Å². The first-order valence-corrected chi connectivity index (χ1v) is 4.01. The van der Waals surface area contributed by atoms with Crippen molar-refractivity contribution in [1.29, 1.82) is 0 Å². The van der Waals surface area contributed by atoms with Crippen molar-refractivity contribution >= 4 is 12.6 Å². The van der Waals surface area contributed by atoms with E-state index < -0.39 is 0 Å². The summed E-state index contributed by atoms with van der Waals surface area (Å²) in [5, 5.41) is 0. The Kier molecular flexibility index (Phi) is 2.15. The van der Waals surface area contributed by atoms with E-state index in [4.69, 9.17) is 9.31 Å². The average Bonchev–Trinajstić information content (AvgIpc) is 2.58. The van der Waals surface area contributed by atoms with E-state index in [1.54, 1.807) is 0 Å². The lowest BCUT2D eigenvalue weighted by atomic mass is 9.79. The summed E-state index contributed by atoms with van der Waals surface area (Å²) < 4.78 is 10.7. The Morgan fingerprint density at radius 2 is 1.67 bits per heavy atom. The maximum atomic E-state index is 5.34. The third-order valence-electron chi connectivity index (χ3n) is 1.87. The van der Waals surface area contributed by atoms with Crippen molar-refractivity contribution in [3.05, 3.63) is 36.8 Å². The van der Waals surface area contributed by atoms with Crippen molar-refractivity contribution in [2.75, 3.05) is 13.2 Å². The standard InChI is InChI=1S/C9H10BO2/c1-8-2-4-9(5-3-8)10-11-6-7-12-10/h2-5H,1,6-7H2. The summed E-state index contributed by atoms with van der Waals surface area (Å²) in [6.45, 7) is 5.19. The predicted molar refractivity (Wildman–Crippen MR) is 48.2 cm³/mol. The minimum atomic E-state index is -0.161. The van der Waals surface area contributed by atoms with Crippen molar-refractivity contribution < 1.29 is 9.31 Å². The fraction of sp³-hybridized carbons (Fsp3) is 0.222. The Morgan fingerprint density at radius 1 is 1.08 bits per heavy atom. The van der Waals surface area contributed by atoms with Crippen molar-refractivity contribution in [3.63, 3.8) is 0 Å². The van der Waals surface area contributed by atoms with Crippen molar-refractivity contribution in [1.82, 2.24) is 0 Å². The van der Waals surface area contributed by atoms with Gasteiger partial charge in [-0.1, -0.05) is 24.3 Å². The van der Waals surface area contributed by atoms with Gasteiger partial charge in [0.15, 0.2) is 0 Å². The summed E-state index contributed by atoms with van der Waals surface area (Å²) in [5.74, 6) is 0. The van der Waals surface area contributed by atoms with E-state index in [-0.39, 0.29) is 7.12 Å². The summed E-state index contributed by atoms with van der Waals surface area (Å²) in [6.07, 6.45) is 0. The van der Waals surface area contributed by atoms with E-state index in [2.05, 4.69) is 6.92 Å². The molecule has 1 heterocycles. The first-order valence-electron chi connectivity index (χ1n) is 4.01. The second kappa shape index (κ2) is 3.29. The van der Waals surface area contributed by atoms with Crippen LogP contribution in [0.25, 0.3) is 0 Å². The average molecular weight is 161 g/mol. The van der Waals surface area contributed by atoms with Crippen molar-refractivity contribution in [2.24, 2.45) is 0 Å². The normalized spacial score (nSPS) is 16.9. The molecule has 1 aliphatic heterocycles. The monoisotopic (exact) mass is 161 g/mol. The molecule has 0 atom stereocenters. The summed E-state index contributed by atoms with van der Waals surface area (Å²) in [6, 6.07) is 7.89. The molecule has 0 bridgehead atoms. The number of hydrogen-bond donors (Lipinski definition) is 0. The van der Waals surface area contributed by atoms with Gasteiger partial charge in [-0.2, -0.15) is 0 Å². The molecule has 1 fully saturated rings. The second-order valence-electron chi connectivity index (χ2n) is 2.82. The Bertz CT molecular complexity index is 252. The summed E-state index contributed by atoms with van der Waals surface area (Å²) in [7, 11) is -0.161. The Morgan fingerprint density at radius 3 is 2.25 bits per heavy atom. The van der Waals surface area contributed by atoms with E-state index in [1.165, 1.54) is 0 Å². The molecule has 61 valence electrons. The zero-order valence-electron chi connectivity index (χ0n) is 6.82. The van der Waals surface area contributed by atoms with Crippen LogP contribution in [0, 0.1) is 6.92 Å². The van der Waals surface area contributed by atoms with E-state index in [0.717, 1.165) is 11.0 Å². The third kappa shape index (κ3) is 1.52. The molecule has 0 amide bonds. The molecule has 1 saturated heterocycles. The van der Waals surface area contributed by atoms with Crippen LogP contribution in [0.3, 0.4) is 0 Å². The molecule has 0 N–H and O–H groups in total. The lowest BCUT2D eigenvalue weighted by Gasteiger charge is -2.03. The third-order valence-corrected chi connectivity index (χ3v) is 1.87. The number of benzene rings is 1. The summed E-state index contributed by atoms with van der Waals surface area (Å²) in [5.41, 5.74) is 2.08. The number of hydrogen-bond acceptors (Lipinski definition) is 2. The molecule has 0 saturated carbocycles. The molecule has 2 rings (SSSR count). The maximum absolute atomic E-state index is 5.34. The molecule has 1 aromatic rings. The summed E-state index contributed by atoms with van der Waals surface area (Å²) in [4.78, 5) is 0. The van der Waals surface area contributed by atoms with Crippen LogP contribution in [0.1, 0.15) is 5.56 Å². The molecule has 0 spiro atoms. The maximum Gasteiger partial charge on any atom is 0.494 e. The van der Waals surface area contributed by atoms with Gasteiger partial charge in [0.05, 0.1) is 13.2 Å². The minimum absolute atomic E-state index is 0.161. The van der Waals surface area contributed by atoms with Gasteiger partial charge in [0, 0.05) is 0 Å². The Hall–Kier alpha value is -0.795. The van der Waals surface area contributed by atoms with Crippen LogP contribution in [0.15, 0.2) is 24.3 Å². The van der Waals surface area contributed by atoms with Crippen LogP contribution < -0.4 is 5.46 Å². The van der Waals surface area contributed by atoms with Gasteiger partial charge in [0.25, 0.3) is 0 Å². The molecule has 1 aliphatic rings. The fourth-order valence-electron chi connectivity index (χ4n) is 1.23. The van der Waals surface area contributed by atoms with Crippen molar-refractivity contribution in [3.8, 4) is 0 Å². The quantitative estimate of drug-likeness (QED) is 0.561.